The largest absolute Gasteiger partial charge is 0.370 e. The third-order valence-corrected chi connectivity index (χ3v) is 4.44. The van der Waals surface area contributed by atoms with Crippen molar-refractivity contribution in [2.45, 2.75) is 32.5 Å². The molecule has 1 aromatic heterocycles. The highest BCUT2D eigenvalue weighted by Crippen LogP contribution is 2.36. The lowest BCUT2D eigenvalue weighted by Crippen LogP contribution is -2.29. The number of carbonyl (C=O) groups excluding carboxylic acids is 1. The van der Waals surface area contributed by atoms with Crippen LogP contribution in [-0.2, 0) is 20.7 Å². The summed E-state index contributed by atoms with van der Waals surface area (Å²) in [6.07, 6.45) is 2.35. The number of ether oxygens (including phenoxy) is 2. The van der Waals surface area contributed by atoms with Gasteiger partial charge in [-0.15, -0.1) is 0 Å². The first-order chi connectivity index (χ1) is 10.7. The highest BCUT2D eigenvalue weighted by Gasteiger charge is 2.33. The van der Waals surface area contributed by atoms with E-state index < -0.39 is 6.29 Å². The van der Waals surface area contributed by atoms with Gasteiger partial charge in [-0.3, -0.25) is 4.79 Å². The lowest BCUT2D eigenvalue weighted by Gasteiger charge is -2.27. The Morgan fingerprint density at radius 3 is 2.82 bits per heavy atom. The predicted octanol–water partition coefficient (Wildman–Crippen LogP) is 2.10. The Balaban J connectivity index is 2.07. The molecule has 1 amide bonds. The van der Waals surface area contributed by atoms with E-state index in [1.807, 2.05) is 11.8 Å². The molecule has 2 aliphatic rings. The average molecular weight is 305 g/mol. The minimum absolute atomic E-state index is 0.0607. The van der Waals surface area contributed by atoms with Crippen molar-refractivity contribution >= 4 is 17.4 Å². The average Bonchev–Trinajstić information content (AvgIpc) is 2.87. The van der Waals surface area contributed by atoms with E-state index in [0.717, 1.165) is 49.4 Å². The quantitative estimate of drug-likeness (QED) is 0.863. The lowest BCUT2D eigenvalue weighted by molar-refractivity contribution is -0.120. The number of anilines is 2. The zero-order valence-electron chi connectivity index (χ0n) is 13.4. The Hall–Kier alpha value is -1.66. The van der Waals surface area contributed by atoms with E-state index in [-0.39, 0.29) is 11.8 Å². The second kappa shape index (κ2) is 6.22. The van der Waals surface area contributed by atoms with Crippen molar-refractivity contribution in [2.75, 3.05) is 37.5 Å². The van der Waals surface area contributed by atoms with Crippen molar-refractivity contribution in [1.29, 1.82) is 0 Å². The van der Waals surface area contributed by atoms with Crippen LogP contribution in [0.3, 0.4) is 0 Å². The molecular formula is C16H23N3O3. The van der Waals surface area contributed by atoms with E-state index in [1.165, 1.54) is 0 Å². The Bertz CT molecular complexity index is 572. The molecule has 0 aromatic carbocycles. The van der Waals surface area contributed by atoms with E-state index in [4.69, 9.17) is 14.5 Å². The van der Waals surface area contributed by atoms with Crippen molar-refractivity contribution in [2.24, 2.45) is 5.92 Å². The van der Waals surface area contributed by atoms with Gasteiger partial charge in [-0.1, -0.05) is 6.92 Å². The van der Waals surface area contributed by atoms with Gasteiger partial charge in [-0.05, 0) is 30.9 Å². The van der Waals surface area contributed by atoms with Crippen LogP contribution in [0.15, 0.2) is 6.07 Å². The number of aromatic nitrogens is 1. The summed E-state index contributed by atoms with van der Waals surface area (Å²) in [5, 5.41) is 3.32. The van der Waals surface area contributed by atoms with Crippen LogP contribution in [0, 0.1) is 5.92 Å². The fraction of sp³-hybridized carbons (Fsp3) is 0.625. The van der Waals surface area contributed by atoms with E-state index >= 15 is 0 Å². The number of nitrogens with one attached hydrogen (secondary N) is 1. The summed E-state index contributed by atoms with van der Waals surface area (Å²) in [7, 11) is 3.17. The standard InChI is InChI=1S/C16H23N3O3/c1-10-6-8-19(15(10)20)12-9-11-5-4-7-17-14(11)18-13(12)16(21-2)22-3/h9-10,16H,4-8H2,1-3H3,(H,17,18). The van der Waals surface area contributed by atoms with Crippen LogP contribution in [0.1, 0.15) is 37.3 Å². The third-order valence-electron chi connectivity index (χ3n) is 4.44. The fourth-order valence-corrected chi connectivity index (χ4v) is 3.16. The van der Waals surface area contributed by atoms with Gasteiger partial charge in [0.15, 0.2) is 0 Å². The van der Waals surface area contributed by atoms with Crippen LogP contribution >= 0.6 is 0 Å². The monoisotopic (exact) mass is 305 g/mol. The SMILES string of the molecule is COC(OC)c1nc2c(cc1N1CCC(C)C1=O)CCCN2. The highest BCUT2D eigenvalue weighted by atomic mass is 16.7. The second-order valence-corrected chi connectivity index (χ2v) is 5.91. The van der Waals surface area contributed by atoms with Crippen LogP contribution in [0.25, 0.3) is 0 Å². The maximum Gasteiger partial charge on any atom is 0.229 e. The number of hydrogen-bond acceptors (Lipinski definition) is 5. The number of hydrogen-bond donors (Lipinski definition) is 1. The van der Waals surface area contributed by atoms with Gasteiger partial charge in [0.1, 0.15) is 11.5 Å². The van der Waals surface area contributed by atoms with Crippen molar-refractivity contribution in [3.63, 3.8) is 0 Å². The molecular weight excluding hydrogens is 282 g/mol. The summed E-state index contributed by atoms with van der Waals surface area (Å²) in [5.74, 6) is 1.09. The smallest absolute Gasteiger partial charge is 0.229 e. The maximum absolute atomic E-state index is 12.4. The molecule has 22 heavy (non-hydrogen) atoms. The van der Waals surface area contributed by atoms with Crippen molar-refractivity contribution < 1.29 is 14.3 Å². The number of methoxy groups -OCH3 is 2. The molecule has 0 radical (unpaired) electrons. The number of pyridine rings is 1. The van der Waals surface area contributed by atoms with Gasteiger partial charge < -0.3 is 19.7 Å². The molecule has 2 aliphatic heterocycles. The molecule has 1 atom stereocenters. The van der Waals surface area contributed by atoms with Gasteiger partial charge in [0.25, 0.3) is 0 Å². The van der Waals surface area contributed by atoms with Crippen LogP contribution in [0.5, 0.6) is 0 Å². The van der Waals surface area contributed by atoms with E-state index in [2.05, 4.69) is 11.4 Å². The topological polar surface area (TPSA) is 63.7 Å². The predicted molar refractivity (Wildman–Crippen MR) is 83.9 cm³/mol. The van der Waals surface area contributed by atoms with Crippen LogP contribution in [0.4, 0.5) is 11.5 Å². The highest BCUT2D eigenvalue weighted by molar-refractivity contribution is 5.97. The molecule has 0 saturated carbocycles. The van der Waals surface area contributed by atoms with Crippen LogP contribution in [0.2, 0.25) is 0 Å². The molecule has 1 aromatic rings. The molecule has 3 rings (SSSR count). The van der Waals surface area contributed by atoms with E-state index in [0.29, 0.717) is 5.69 Å². The molecule has 120 valence electrons. The number of fused-ring (bicyclic) bond motifs is 1. The third kappa shape index (κ3) is 2.57. The van der Waals surface area contributed by atoms with E-state index in [9.17, 15) is 4.79 Å². The van der Waals surface area contributed by atoms with Gasteiger partial charge in [-0.2, -0.15) is 0 Å². The number of rotatable bonds is 4. The van der Waals surface area contributed by atoms with Gasteiger partial charge in [0.2, 0.25) is 12.2 Å². The first-order valence-corrected chi connectivity index (χ1v) is 7.80. The first kappa shape index (κ1) is 15.2. The lowest BCUT2D eigenvalue weighted by atomic mass is 10.0. The van der Waals surface area contributed by atoms with Crippen molar-refractivity contribution in [1.82, 2.24) is 4.98 Å². The molecule has 1 unspecified atom stereocenters. The normalized spacial score (nSPS) is 21.2. The molecule has 3 heterocycles. The molecule has 1 N–H and O–H groups in total. The number of aryl methyl sites for hydroxylation is 1. The number of carbonyl (C=O) groups is 1. The Kier molecular flexibility index (Phi) is 4.31. The molecule has 6 nitrogen and oxygen atoms in total. The first-order valence-electron chi connectivity index (χ1n) is 7.80. The minimum Gasteiger partial charge on any atom is -0.370 e. The molecule has 6 heteroatoms. The zero-order valence-corrected chi connectivity index (χ0v) is 13.4. The Morgan fingerprint density at radius 2 is 2.18 bits per heavy atom. The number of amides is 1. The summed E-state index contributed by atoms with van der Waals surface area (Å²) in [6, 6.07) is 2.07. The van der Waals surface area contributed by atoms with Crippen LogP contribution < -0.4 is 10.2 Å². The van der Waals surface area contributed by atoms with Gasteiger partial charge in [-0.25, -0.2) is 4.98 Å². The van der Waals surface area contributed by atoms with Gasteiger partial charge in [0.05, 0.1) is 5.69 Å². The van der Waals surface area contributed by atoms with E-state index in [1.54, 1.807) is 14.2 Å². The zero-order chi connectivity index (χ0) is 15.7. The number of nitrogens with zero attached hydrogens (tertiary/aromatic N) is 2. The molecule has 1 fully saturated rings. The summed E-state index contributed by atoms with van der Waals surface area (Å²) in [6.45, 7) is 3.61. The molecule has 0 bridgehead atoms. The summed E-state index contributed by atoms with van der Waals surface area (Å²) < 4.78 is 10.8. The Morgan fingerprint density at radius 1 is 1.41 bits per heavy atom. The second-order valence-electron chi connectivity index (χ2n) is 5.91. The van der Waals surface area contributed by atoms with Crippen molar-refractivity contribution in [3.05, 3.63) is 17.3 Å². The fourth-order valence-electron chi connectivity index (χ4n) is 3.16. The molecule has 0 aliphatic carbocycles. The Labute approximate surface area is 130 Å². The van der Waals surface area contributed by atoms with Gasteiger partial charge in [0, 0.05) is 33.2 Å². The molecule has 1 saturated heterocycles. The van der Waals surface area contributed by atoms with Gasteiger partial charge >= 0.3 is 0 Å². The van der Waals surface area contributed by atoms with Crippen LogP contribution in [-0.4, -0.2) is 38.2 Å². The molecule has 0 spiro atoms. The minimum atomic E-state index is -0.576. The summed E-state index contributed by atoms with van der Waals surface area (Å²) >= 11 is 0. The summed E-state index contributed by atoms with van der Waals surface area (Å²) in [4.78, 5) is 19.0. The maximum atomic E-state index is 12.4. The summed E-state index contributed by atoms with van der Waals surface area (Å²) in [5.41, 5.74) is 2.65. The van der Waals surface area contributed by atoms with Crippen molar-refractivity contribution in [3.8, 4) is 0 Å².